The summed E-state index contributed by atoms with van der Waals surface area (Å²) >= 11 is 5.75. The fourth-order valence-electron chi connectivity index (χ4n) is 1.76. The number of hydrogen-bond donors (Lipinski definition) is 2. The standard InChI is InChI=1S/C16H12ClNO5/c17-14-6-3-11(7-13(14)16(21)22)18-15(20)9-23-12-4-1-10(8-19)2-5-12/h1-8H,9H2,(H,18,20)(H,21,22). The van der Waals surface area contributed by atoms with Gasteiger partial charge in [-0.05, 0) is 42.5 Å². The van der Waals surface area contributed by atoms with Crippen LogP contribution in [0.2, 0.25) is 5.02 Å². The molecule has 0 saturated heterocycles. The van der Waals surface area contributed by atoms with Gasteiger partial charge in [0.2, 0.25) is 0 Å². The van der Waals surface area contributed by atoms with Crippen LogP contribution >= 0.6 is 11.6 Å². The third-order valence-corrected chi connectivity index (χ3v) is 3.20. The predicted octanol–water partition coefficient (Wildman–Crippen LogP) is 2.87. The number of anilines is 1. The summed E-state index contributed by atoms with van der Waals surface area (Å²) in [5.74, 6) is -1.20. The molecule has 118 valence electrons. The van der Waals surface area contributed by atoms with Gasteiger partial charge in [-0.2, -0.15) is 0 Å². The highest BCUT2D eigenvalue weighted by Crippen LogP contribution is 2.20. The lowest BCUT2D eigenvalue weighted by molar-refractivity contribution is -0.118. The van der Waals surface area contributed by atoms with Gasteiger partial charge in [-0.1, -0.05) is 11.6 Å². The fraction of sp³-hybridized carbons (Fsp3) is 0.0625. The summed E-state index contributed by atoms with van der Waals surface area (Å²) in [6.07, 6.45) is 0.705. The smallest absolute Gasteiger partial charge is 0.337 e. The minimum atomic E-state index is -1.18. The number of carbonyl (C=O) groups excluding carboxylic acids is 2. The first kappa shape index (κ1) is 16.5. The normalized spacial score (nSPS) is 9.96. The molecule has 0 radical (unpaired) electrons. The van der Waals surface area contributed by atoms with E-state index < -0.39 is 11.9 Å². The van der Waals surface area contributed by atoms with Gasteiger partial charge in [0.1, 0.15) is 12.0 Å². The lowest BCUT2D eigenvalue weighted by Crippen LogP contribution is -2.20. The fourth-order valence-corrected chi connectivity index (χ4v) is 1.95. The van der Waals surface area contributed by atoms with E-state index in [0.29, 0.717) is 23.3 Å². The summed E-state index contributed by atoms with van der Waals surface area (Å²) in [6.45, 7) is -0.258. The highest BCUT2D eigenvalue weighted by molar-refractivity contribution is 6.33. The molecule has 0 spiro atoms. The molecule has 0 unspecified atom stereocenters. The monoisotopic (exact) mass is 333 g/mol. The van der Waals surface area contributed by atoms with Gasteiger partial charge in [0.05, 0.1) is 10.6 Å². The maximum atomic E-state index is 11.8. The van der Waals surface area contributed by atoms with Crippen molar-refractivity contribution in [2.45, 2.75) is 0 Å². The Bertz CT molecular complexity index is 743. The first-order chi connectivity index (χ1) is 11.0. The number of hydrogen-bond acceptors (Lipinski definition) is 4. The average Bonchev–Trinajstić information content (AvgIpc) is 2.55. The van der Waals surface area contributed by atoms with E-state index in [-0.39, 0.29) is 17.2 Å². The van der Waals surface area contributed by atoms with Crippen LogP contribution in [-0.4, -0.2) is 29.9 Å². The maximum Gasteiger partial charge on any atom is 0.337 e. The van der Waals surface area contributed by atoms with Gasteiger partial charge in [0.15, 0.2) is 6.61 Å². The number of benzene rings is 2. The molecule has 1 amide bonds. The second-order valence-corrected chi connectivity index (χ2v) is 4.93. The Hall–Kier alpha value is -2.86. The van der Waals surface area contributed by atoms with Crippen LogP contribution in [0.5, 0.6) is 5.75 Å². The number of amides is 1. The van der Waals surface area contributed by atoms with Crippen molar-refractivity contribution in [3.8, 4) is 5.75 Å². The quantitative estimate of drug-likeness (QED) is 0.793. The first-order valence-corrected chi connectivity index (χ1v) is 6.88. The molecule has 0 atom stereocenters. The Morgan fingerprint density at radius 1 is 1.17 bits per heavy atom. The number of halogens is 1. The van der Waals surface area contributed by atoms with E-state index in [1.165, 1.54) is 18.2 Å². The van der Waals surface area contributed by atoms with Crippen molar-refractivity contribution in [2.75, 3.05) is 11.9 Å². The van der Waals surface area contributed by atoms with Gasteiger partial charge in [-0.3, -0.25) is 9.59 Å². The summed E-state index contributed by atoms with van der Waals surface area (Å²) < 4.78 is 5.27. The lowest BCUT2D eigenvalue weighted by Gasteiger charge is -2.09. The molecule has 2 aromatic carbocycles. The van der Waals surface area contributed by atoms with Crippen molar-refractivity contribution >= 4 is 35.5 Å². The molecule has 0 saturated carbocycles. The molecule has 23 heavy (non-hydrogen) atoms. The van der Waals surface area contributed by atoms with Gasteiger partial charge in [-0.25, -0.2) is 4.79 Å². The van der Waals surface area contributed by atoms with Crippen LogP contribution in [0, 0.1) is 0 Å². The van der Waals surface area contributed by atoms with Crippen LogP contribution in [0.15, 0.2) is 42.5 Å². The van der Waals surface area contributed by atoms with Crippen LogP contribution in [0.4, 0.5) is 5.69 Å². The molecular weight excluding hydrogens is 322 g/mol. The van der Waals surface area contributed by atoms with Crippen LogP contribution < -0.4 is 10.1 Å². The van der Waals surface area contributed by atoms with Gasteiger partial charge < -0.3 is 15.2 Å². The van der Waals surface area contributed by atoms with Crippen molar-refractivity contribution in [1.29, 1.82) is 0 Å². The van der Waals surface area contributed by atoms with E-state index in [2.05, 4.69) is 5.32 Å². The molecule has 0 aliphatic heterocycles. The zero-order chi connectivity index (χ0) is 16.8. The zero-order valence-corrected chi connectivity index (χ0v) is 12.5. The second kappa shape index (κ2) is 7.42. The Labute approximate surface area is 136 Å². The second-order valence-electron chi connectivity index (χ2n) is 4.52. The minimum absolute atomic E-state index is 0.0852. The minimum Gasteiger partial charge on any atom is -0.484 e. The molecule has 0 bridgehead atoms. The third kappa shape index (κ3) is 4.55. The van der Waals surface area contributed by atoms with Crippen molar-refractivity contribution in [2.24, 2.45) is 0 Å². The van der Waals surface area contributed by atoms with E-state index in [1.54, 1.807) is 24.3 Å². The topological polar surface area (TPSA) is 92.7 Å². The highest BCUT2D eigenvalue weighted by Gasteiger charge is 2.11. The number of carbonyl (C=O) groups is 3. The van der Waals surface area contributed by atoms with Crippen LogP contribution in [0.25, 0.3) is 0 Å². The number of ether oxygens (including phenoxy) is 1. The van der Waals surface area contributed by atoms with E-state index in [1.807, 2.05) is 0 Å². The molecule has 0 heterocycles. The third-order valence-electron chi connectivity index (χ3n) is 2.87. The summed E-state index contributed by atoms with van der Waals surface area (Å²) in [5, 5.41) is 11.6. The summed E-state index contributed by atoms with van der Waals surface area (Å²) in [6, 6.07) is 10.4. The average molecular weight is 334 g/mol. The van der Waals surface area contributed by atoms with Gasteiger partial charge in [0.25, 0.3) is 5.91 Å². The van der Waals surface area contributed by atoms with E-state index in [9.17, 15) is 14.4 Å². The number of rotatable bonds is 6. The van der Waals surface area contributed by atoms with Crippen molar-refractivity contribution in [1.82, 2.24) is 0 Å². The number of carboxylic acid groups (broad SMARTS) is 1. The molecule has 2 rings (SSSR count). The lowest BCUT2D eigenvalue weighted by atomic mass is 10.2. The number of aromatic carboxylic acids is 1. The Morgan fingerprint density at radius 2 is 1.87 bits per heavy atom. The summed E-state index contributed by atoms with van der Waals surface area (Å²) in [5.41, 5.74) is 0.704. The molecule has 7 heteroatoms. The Morgan fingerprint density at radius 3 is 2.48 bits per heavy atom. The van der Waals surface area contributed by atoms with Crippen LogP contribution in [-0.2, 0) is 4.79 Å². The molecule has 2 aromatic rings. The van der Waals surface area contributed by atoms with E-state index in [0.717, 1.165) is 0 Å². The van der Waals surface area contributed by atoms with Crippen LogP contribution in [0.1, 0.15) is 20.7 Å². The SMILES string of the molecule is O=Cc1ccc(OCC(=O)Nc2ccc(Cl)c(C(=O)O)c2)cc1. The molecular formula is C16H12ClNO5. The van der Waals surface area contributed by atoms with Crippen LogP contribution in [0.3, 0.4) is 0 Å². The molecule has 2 N–H and O–H groups in total. The summed E-state index contributed by atoms with van der Waals surface area (Å²) in [4.78, 5) is 33.3. The number of nitrogens with one attached hydrogen (secondary N) is 1. The van der Waals surface area contributed by atoms with E-state index >= 15 is 0 Å². The number of carboxylic acids is 1. The zero-order valence-electron chi connectivity index (χ0n) is 11.8. The van der Waals surface area contributed by atoms with Gasteiger partial charge in [0, 0.05) is 11.3 Å². The Kier molecular flexibility index (Phi) is 5.32. The predicted molar refractivity (Wildman–Crippen MR) is 84.4 cm³/mol. The Balaban J connectivity index is 1.95. The summed E-state index contributed by atoms with van der Waals surface area (Å²) in [7, 11) is 0. The molecule has 6 nitrogen and oxygen atoms in total. The van der Waals surface area contributed by atoms with Crippen molar-refractivity contribution < 1.29 is 24.2 Å². The van der Waals surface area contributed by atoms with Crippen molar-refractivity contribution in [3.63, 3.8) is 0 Å². The molecule has 0 aliphatic carbocycles. The van der Waals surface area contributed by atoms with E-state index in [4.69, 9.17) is 21.4 Å². The molecule has 0 aromatic heterocycles. The van der Waals surface area contributed by atoms with Gasteiger partial charge >= 0.3 is 5.97 Å². The first-order valence-electron chi connectivity index (χ1n) is 6.50. The maximum absolute atomic E-state index is 11.8. The highest BCUT2D eigenvalue weighted by atomic mass is 35.5. The molecule has 0 aliphatic rings. The largest absolute Gasteiger partial charge is 0.484 e. The number of aldehydes is 1. The van der Waals surface area contributed by atoms with Crippen molar-refractivity contribution in [3.05, 3.63) is 58.6 Å². The molecule has 0 fully saturated rings. The van der Waals surface area contributed by atoms with Gasteiger partial charge in [-0.15, -0.1) is 0 Å².